The second kappa shape index (κ2) is 13.5. The van der Waals surface area contributed by atoms with Gasteiger partial charge in [-0.1, -0.05) is 47.6 Å². The molecule has 2 heterocycles. The van der Waals surface area contributed by atoms with Gasteiger partial charge in [0.15, 0.2) is 5.76 Å². The van der Waals surface area contributed by atoms with E-state index in [1.165, 1.54) is 17.7 Å². The number of halogens is 4. The molecular formula is C27H27F4N3O4. The van der Waals surface area contributed by atoms with Gasteiger partial charge in [-0.05, 0) is 36.2 Å². The number of carboxylic acids is 1. The summed E-state index contributed by atoms with van der Waals surface area (Å²) in [7, 11) is 0. The Hall–Kier alpha value is -3.99. The molecule has 11 heteroatoms. The Balaban J connectivity index is 0.000000505. The van der Waals surface area contributed by atoms with Crippen molar-refractivity contribution in [2.75, 3.05) is 32.7 Å². The Kier molecular flexibility index (Phi) is 10.2. The number of hydrogen-bond donors (Lipinski definition) is 1. The molecule has 2 aromatic carbocycles. The quantitative estimate of drug-likeness (QED) is 0.435. The van der Waals surface area contributed by atoms with Crippen molar-refractivity contribution in [3.63, 3.8) is 0 Å². The van der Waals surface area contributed by atoms with E-state index >= 15 is 0 Å². The molecule has 0 aliphatic carbocycles. The molecule has 3 aromatic rings. The molecule has 1 amide bonds. The van der Waals surface area contributed by atoms with Crippen LogP contribution in [-0.4, -0.2) is 70.8 Å². The molecular weight excluding hydrogens is 506 g/mol. The number of alkyl halides is 3. The van der Waals surface area contributed by atoms with Gasteiger partial charge < -0.3 is 14.5 Å². The number of piperazine rings is 1. The lowest BCUT2D eigenvalue weighted by atomic mass is 10.0. The minimum Gasteiger partial charge on any atom is -0.475 e. The third-order valence-corrected chi connectivity index (χ3v) is 5.80. The van der Waals surface area contributed by atoms with Crippen molar-refractivity contribution in [3.05, 3.63) is 83.8 Å². The average Bonchev–Trinajstić information content (AvgIpc) is 3.37. The van der Waals surface area contributed by atoms with E-state index in [-0.39, 0.29) is 11.7 Å². The summed E-state index contributed by atoms with van der Waals surface area (Å²) in [6.45, 7) is 4.12. The monoisotopic (exact) mass is 533 g/mol. The van der Waals surface area contributed by atoms with Crippen LogP contribution in [0.5, 0.6) is 0 Å². The number of rotatable bonds is 7. The minimum absolute atomic E-state index is 0.144. The first kappa shape index (κ1) is 28.6. The minimum atomic E-state index is -5.08. The summed E-state index contributed by atoms with van der Waals surface area (Å²) in [6, 6.07) is 16.4. The largest absolute Gasteiger partial charge is 0.490 e. The van der Waals surface area contributed by atoms with Gasteiger partial charge >= 0.3 is 12.1 Å². The normalized spacial score (nSPS) is 14.3. The molecule has 0 saturated carbocycles. The van der Waals surface area contributed by atoms with Crippen molar-refractivity contribution in [3.8, 4) is 11.3 Å². The first-order valence-electron chi connectivity index (χ1n) is 11.8. The predicted molar refractivity (Wildman–Crippen MR) is 132 cm³/mol. The summed E-state index contributed by atoms with van der Waals surface area (Å²) in [6.07, 6.45) is 1.83. The van der Waals surface area contributed by atoms with E-state index in [0.717, 1.165) is 43.9 Å². The van der Waals surface area contributed by atoms with Crippen molar-refractivity contribution in [2.45, 2.75) is 19.0 Å². The fourth-order valence-electron chi connectivity index (χ4n) is 3.76. The van der Waals surface area contributed by atoms with Crippen molar-refractivity contribution < 1.29 is 36.8 Å². The molecule has 0 atom stereocenters. The third kappa shape index (κ3) is 8.84. The molecule has 1 aliphatic heterocycles. The van der Waals surface area contributed by atoms with Crippen LogP contribution in [0.4, 0.5) is 17.6 Å². The number of carbonyl (C=O) groups is 2. The number of carboxylic acid groups (broad SMARTS) is 1. The van der Waals surface area contributed by atoms with Gasteiger partial charge in [0.05, 0.1) is 6.20 Å². The van der Waals surface area contributed by atoms with Crippen LogP contribution in [-0.2, 0) is 16.0 Å². The highest BCUT2D eigenvalue weighted by molar-refractivity contribution is 5.77. The zero-order valence-corrected chi connectivity index (χ0v) is 20.4. The number of aryl methyl sites for hydroxylation is 1. The molecule has 7 nitrogen and oxygen atoms in total. The molecule has 1 fully saturated rings. The van der Waals surface area contributed by atoms with Gasteiger partial charge in [-0.3, -0.25) is 9.69 Å². The molecule has 0 bridgehead atoms. The van der Waals surface area contributed by atoms with Crippen LogP contribution in [0.1, 0.15) is 17.5 Å². The number of aromatic nitrogens is 1. The van der Waals surface area contributed by atoms with Crippen LogP contribution in [0.2, 0.25) is 0 Å². The van der Waals surface area contributed by atoms with E-state index in [0.29, 0.717) is 18.6 Å². The van der Waals surface area contributed by atoms with Gasteiger partial charge in [-0.2, -0.15) is 13.2 Å². The molecule has 202 valence electrons. The van der Waals surface area contributed by atoms with Crippen LogP contribution in [0, 0.1) is 5.82 Å². The van der Waals surface area contributed by atoms with E-state index < -0.39 is 12.1 Å². The second-order valence-corrected chi connectivity index (χ2v) is 8.48. The molecule has 1 N–H and O–H groups in total. The molecule has 38 heavy (non-hydrogen) atoms. The second-order valence-electron chi connectivity index (χ2n) is 8.48. The van der Waals surface area contributed by atoms with Gasteiger partial charge in [0.2, 0.25) is 5.91 Å². The summed E-state index contributed by atoms with van der Waals surface area (Å²) in [5, 5.41) is 11.0. The number of hydrogen-bond acceptors (Lipinski definition) is 5. The highest BCUT2D eigenvalue weighted by atomic mass is 19.4. The van der Waals surface area contributed by atoms with E-state index in [4.69, 9.17) is 14.4 Å². The lowest BCUT2D eigenvalue weighted by Crippen LogP contribution is -2.48. The standard InChI is InChI=1S/C25H26FN3O2.C2HF3O2/c26-23-11-8-21(9-12-23)25-22(19-27-31-25)10-13-24(30)29-17-15-28(16-18-29)14-4-7-20-5-2-1-3-6-20;3-2(4,5)1(6)7/h1-9,11-12,19H,10,13-18H2;(H,6,7). The van der Waals surface area contributed by atoms with Gasteiger partial charge in [0, 0.05) is 50.3 Å². The molecule has 1 aliphatic rings. The molecule has 1 saturated heterocycles. The molecule has 0 unspecified atom stereocenters. The molecule has 0 radical (unpaired) electrons. The number of carbonyl (C=O) groups excluding carboxylic acids is 1. The number of nitrogens with zero attached hydrogens (tertiary/aromatic N) is 3. The first-order chi connectivity index (χ1) is 18.1. The van der Waals surface area contributed by atoms with Gasteiger partial charge in [-0.15, -0.1) is 0 Å². The van der Waals surface area contributed by atoms with Gasteiger partial charge in [-0.25, -0.2) is 9.18 Å². The van der Waals surface area contributed by atoms with Crippen LogP contribution in [0.15, 0.2) is 71.4 Å². The maximum absolute atomic E-state index is 13.2. The van der Waals surface area contributed by atoms with Crippen LogP contribution in [0.25, 0.3) is 17.4 Å². The average molecular weight is 534 g/mol. The maximum atomic E-state index is 13.2. The highest BCUT2D eigenvalue weighted by Crippen LogP contribution is 2.25. The van der Waals surface area contributed by atoms with Crippen LogP contribution < -0.4 is 0 Å². The van der Waals surface area contributed by atoms with Crippen molar-refractivity contribution in [1.29, 1.82) is 0 Å². The smallest absolute Gasteiger partial charge is 0.475 e. The van der Waals surface area contributed by atoms with E-state index in [1.54, 1.807) is 18.3 Å². The Morgan fingerprint density at radius 2 is 1.63 bits per heavy atom. The summed E-state index contributed by atoms with van der Waals surface area (Å²) < 4.78 is 50.2. The lowest BCUT2D eigenvalue weighted by Gasteiger charge is -2.34. The summed E-state index contributed by atoms with van der Waals surface area (Å²) in [5.74, 6) is -2.31. The van der Waals surface area contributed by atoms with E-state index in [2.05, 4.69) is 34.3 Å². The van der Waals surface area contributed by atoms with Crippen LogP contribution >= 0.6 is 0 Å². The first-order valence-corrected chi connectivity index (χ1v) is 11.8. The Morgan fingerprint density at radius 1 is 1.00 bits per heavy atom. The van der Waals surface area contributed by atoms with Gasteiger partial charge in [0.25, 0.3) is 0 Å². The lowest BCUT2D eigenvalue weighted by molar-refractivity contribution is -0.192. The number of amides is 1. The fourth-order valence-corrected chi connectivity index (χ4v) is 3.76. The Labute approximate surface area is 216 Å². The third-order valence-electron chi connectivity index (χ3n) is 5.80. The summed E-state index contributed by atoms with van der Waals surface area (Å²) in [4.78, 5) is 25.9. The molecule has 4 rings (SSSR count). The summed E-state index contributed by atoms with van der Waals surface area (Å²) >= 11 is 0. The van der Waals surface area contributed by atoms with E-state index in [9.17, 15) is 22.4 Å². The zero-order chi connectivity index (χ0) is 27.5. The SMILES string of the molecule is O=C(CCc1cnoc1-c1ccc(F)cc1)N1CCN(CC=Cc2ccccc2)CC1.O=C(O)C(F)(F)F. The Morgan fingerprint density at radius 3 is 2.24 bits per heavy atom. The van der Waals surface area contributed by atoms with Gasteiger partial charge in [0.1, 0.15) is 5.82 Å². The van der Waals surface area contributed by atoms with Crippen molar-refractivity contribution >= 4 is 18.0 Å². The maximum Gasteiger partial charge on any atom is 0.490 e. The predicted octanol–water partition coefficient (Wildman–Crippen LogP) is 4.90. The van der Waals surface area contributed by atoms with E-state index in [1.807, 2.05) is 23.1 Å². The number of benzene rings is 2. The zero-order valence-electron chi connectivity index (χ0n) is 20.4. The van der Waals surface area contributed by atoms with Crippen molar-refractivity contribution in [1.82, 2.24) is 15.0 Å². The summed E-state index contributed by atoms with van der Waals surface area (Å²) in [5.41, 5.74) is 2.83. The molecule has 1 aromatic heterocycles. The Bertz CT molecular complexity index is 1200. The number of aliphatic carboxylic acids is 1. The van der Waals surface area contributed by atoms with Crippen molar-refractivity contribution in [2.24, 2.45) is 0 Å². The highest BCUT2D eigenvalue weighted by Gasteiger charge is 2.38. The molecule has 0 spiro atoms. The topological polar surface area (TPSA) is 86.9 Å². The fraction of sp³-hybridized carbons (Fsp3) is 0.296. The van der Waals surface area contributed by atoms with Crippen LogP contribution in [0.3, 0.4) is 0 Å².